The second kappa shape index (κ2) is 8.09. The van der Waals surface area contributed by atoms with Gasteiger partial charge in [-0.1, -0.05) is 12.1 Å². The fourth-order valence-electron chi connectivity index (χ4n) is 2.25. The molecule has 0 aliphatic heterocycles. The Bertz CT molecular complexity index is 810. The molecule has 3 N–H and O–H groups in total. The van der Waals surface area contributed by atoms with E-state index in [0.29, 0.717) is 36.5 Å². The summed E-state index contributed by atoms with van der Waals surface area (Å²) in [6.45, 7) is 1.13. The molecule has 25 heavy (non-hydrogen) atoms. The summed E-state index contributed by atoms with van der Waals surface area (Å²) in [6.07, 6.45) is 2.35. The van der Waals surface area contributed by atoms with Crippen molar-refractivity contribution in [3.8, 4) is 11.6 Å². The first kappa shape index (κ1) is 16.7. The molecule has 0 aliphatic carbocycles. The molecule has 8 heteroatoms. The highest BCUT2D eigenvalue weighted by molar-refractivity contribution is 5.79. The molecule has 2 aromatic heterocycles. The van der Waals surface area contributed by atoms with Crippen LogP contribution < -0.4 is 10.6 Å². The Balaban J connectivity index is 1.45. The Labute approximate surface area is 144 Å². The number of rotatable bonds is 6. The first-order valence-electron chi connectivity index (χ1n) is 7.88. The van der Waals surface area contributed by atoms with Crippen LogP contribution in [-0.4, -0.2) is 34.7 Å². The van der Waals surface area contributed by atoms with Crippen molar-refractivity contribution >= 4 is 5.96 Å². The number of aromatic amines is 1. The number of halogens is 1. The Hall–Kier alpha value is -3.16. The topological polar surface area (TPSA) is 91.1 Å². The van der Waals surface area contributed by atoms with Gasteiger partial charge in [-0.15, -0.1) is 5.10 Å². The van der Waals surface area contributed by atoms with Crippen molar-refractivity contribution in [3.63, 3.8) is 0 Å². The lowest BCUT2D eigenvalue weighted by Gasteiger charge is -2.10. The number of nitrogens with one attached hydrogen (secondary N) is 3. The Morgan fingerprint density at radius 3 is 2.80 bits per heavy atom. The highest BCUT2D eigenvalue weighted by atomic mass is 19.1. The van der Waals surface area contributed by atoms with Crippen LogP contribution in [0.4, 0.5) is 4.39 Å². The van der Waals surface area contributed by atoms with Gasteiger partial charge in [0.2, 0.25) is 5.82 Å². The maximum atomic E-state index is 12.9. The van der Waals surface area contributed by atoms with Crippen molar-refractivity contribution in [2.24, 2.45) is 4.99 Å². The van der Waals surface area contributed by atoms with Gasteiger partial charge in [-0.2, -0.15) is 0 Å². The number of aliphatic imine (C=N–C) groups is 1. The zero-order valence-electron chi connectivity index (χ0n) is 13.8. The van der Waals surface area contributed by atoms with Gasteiger partial charge in [0, 0.05) is 13.6 Å². The molecule has 0 spiro atoms. The average Bonchev–Trinajstić information content (AvgIpc) is 3.31. The number of aromatic nitrogens is 3. The molecule has 0 fully saturated rings. The largest absolute Gasteiger partial charge is 0.461 e. The molecular formula is C17H19FN6O. The van der Waals surface area contributed by atoms with E-state index < -0.39 is 0 Å². The molecule has 0 amide bonds. The molecule has 130 valence electrons. The molecule has 0 saturated heterocycles. The highest BCUT2D eigenvalue weighted by Gasteiger charge is 2.08. The van der Waals surface area contributed by atoms with E-state index in [0.717, 1.165) is 12.0 Å². The second-order valence-electron chi connectivity index (χ2n) is 5.31. The van der Waals surface area contributed by atoms with Crippen LogP contribution in [0.2, 0.25) is 0 Å². The summed E-state index contributed by atoms with van der Waals surface area (Å²) in [5, 5.41) is 13.3. The minimum atomic E-state index is -0.227. The molecule has 0 radical (unpaired) electrons. The van der Waals surface area contributed by atoms with Gasteiger partial charge in [0.1, 0.15) is 11.6 Å². The number of hydrogen-bond acceptors (Lipinski definition) is 4. The normalized spacial score (nSPS) is 11.5. The summed E-state index contributed by atoms with van der Waals surface area (Å²) in [5.41, 5.74) is 1.06. The third-order valence-electron chi connectivity index (χ3n) is 3.54. The van der Waals surface area contributed by atoms with Crippen LogP contribution >= 0.6 is 0 Å². The molecule has 3 aromatic rings. The lowest BCUT2D eigenvalue weighted by Crippen LogP contribution is -2.38. The summed E-state index contributed by atoms with van der Waals surface area (Å²) in [4.78, 5) is 8.51. The van der Waals surface area contributed by atoms with E-state index in [2.05, 4.69) is 30.8 Å². The Kier molecular flexibility index (Phi) is 5.40. The van der Waals surface area contributed by atoms with Gasteiger partial charge in [0.25, 0.3) is 0 Å². The molecule has 0 aliphatic rings. The quantitative estimate of drug-likeness (QED) is 0.471. The first-order chi connectivity index (χ1) is 12.2. The van der Waals surface area contributed by atoms with Crippen molar-refractivity contribution in [3.05, 3.63) is 59.9 Å². The average molecular weight is 342 g/mol. The van der Waals surface area contributed by atoms with Crippen LogP contribution in [0.1, 0.15) is 11.4 Å². The summed E-state index contributed by atoms with van der Waals surface area (Å²) >= 11 is 0. The van der Waals surface area contributed by atoms with Gasteiger partial charge in [-0.05, 0) is 36.2 Å². The van der Waals surface area contributed by atoms with E-state index in [1.54, 1.807) is 37.6 Å². The number of furan rings is 1. The molecule has 1 aromatic carbocycles. The van der Waals surface area contributed by atoms with Crippen LogP contribution in [0, 0.1) is 5.82 Å². The van der Waals surface area contributed by atoms with Crippen LogP contribution in [0.3, 0.4) is 0 Å². The predicted octanol–water partition coefficient (Wildman–Crippen LogP) is 2.11. The highest BCUT2D eigenvalue weighted by Crippen LogP contribution is 2.14. The molecule has 0 bridgehead atoms. The van der Waals surface area contributed by atoms with Crippen molar-refractivity contribution in [1.29, 1.82) is 0 Å². The van der Waals surface area contributed by atoms with Crippen molar-refractivity contribution in [2.75, 3.05) is 13.6 Å². The van der Waals surface area contributed by atoms with E-state index in [9.17, 15) is 4.39 Å². The second-order valence-corrected chi connectivity index (χ2v) is 5.31. The lowest BCUT2D eigenvalue weighted by molar-refractivity contribution is 0.577. The summed E-state index contributed by atoms with van der Waals surface area (Å²) in [6, 6.07) is 10.1. The number of hydrogen-bond donors (Lipinski definition) is 3. The van der Waals surface area contributed by atoms with E-state index in [4.69, 9.17) is 4.42 Å². The molecule has 7 nitrogen and oxygen atoms in total. The number of H-pyrrole nitrogens is 1. The summed E-state index contributed by atoms with van der Waals surface area (Å²) in [7, 11) is 1.70. The number of benzene rings is 1. The lowest BCUT2D eigenvalue weighted by atomic mass is 10.1. The van der Waals surface area contributed by atoms with Crippen LogP contribution in [0.5, 0.6) is 0 Å². The maximum absolute atomic E-state index is 12.9. The van der Waals surface area contributed by atoms with Crippen molar-refractivity contribution in [1.82, 2.24) is 25.8 Å². The SMILES string of the molecule is CN=C(NCCc1ccc(F)cc1)NCc1nc(-c2ccco2)n[nH]1. The van der Waals surface area contributed by atoms with E-state index in [1.807, 2.05) is 0 Å². The zero-order valence-corrected chi connectivity index (χ0v) is 13.8. The van der Waals surface area contributed by atoms with Crippen molar-refractivity contribution in [2.45, 2.75) is 13.0 Å². The number of nitrogens with zero attached hydrogens (tertiary/aromatic N) is 3. The third-order valence-corrected chi connectivity index (χ3v) is 3.54. The first-order valence-corrected chi connectivity index (χ1v) is 7.88. The summed E-state index contributed by atoms with van der Waals surface area (Å²) < 4.78 is 18.1. The molecule has 0 saturated carbocycles. The molecule has 0 atom stereocenters. The Morgan fingerprint density at radius 2 is 2.08 bits per heavy atom. The van der Waals surface area contributed by atoms with Crippen LogP contribution in [-0.2, 0) is 13.0 Å². The van der Waals surface area contributed by atoms with Gasteiger partial charge in [0.15, 0.2) is 11.7 Å². The third kappa shape index (κ3) is 4.66. The summed E-state index contributed by atoms with van der Waals surface area (Å²) in [5.74, 6) is 2.23. The standard InChI is InChI=1S/C17H19FN6O/c1-19-17(20-9-8-12-4-6-13(18)7-5-12)21-11-15-22-16(24-23-15)14-3-2-10-25-14/h2-7,10H,8-9,11H2,1H3,(H2,19,20,21)(H,22,23,24). The molecular weight excluding hydrogens is 323 g/mol. The number of guanidine groups is 1. The molecule has 2 heterocycles. The van der Waals surface area contributed by atoms with Gasteiger partial charge in [0.05, 0.1) is 12.8 Å². The predicted molar refractivity (Wildman–Crippen MR) is 92.4 cm³/mol. The Morgan fingerprint density at radius 1 is 1.24 bits per heavy atom. The van der Waals surface area contributed by atoms with Gasteiger partial charge in [-0.25, -0.2) is 9.37 Å². The van der Waals surface area contributed by atoms with Crippen LogP contribution in [0.15, 0.2) is 52.1 Å². The minimum Gasteiger partial charge on any atom is -0.461 e. The molecule has 0 unspecified atom stereocenters. The smallest absolute Gasteiger partial charge is 0.216 e. The molecule has 3 rings (SSSR count). The van der Waals surface area contributed by atoms with Gasteiger partial charge < -0.3 is 15.1 Å². The van der Waals surface area contributed by atoms with E-state index in [1.165, 1.54) is 12.1 Å². The maximum Gasteiger partial charge on any atom is 0.216 e. The van der Waals surface area contributed by atoms with E-state index in [-0.39, 0.29) is 5.82 Å². The van der Waals surface area contributed by atoms with Crippen molar-refractivity contribution < 1.29 is 8.81 Å². The van der Waals surface area contributed by atoms with Crippen LogP contribution in [0.25, 0.3) is 11.6 Å². The monoisotopic (exact) mass is 342 g/mol. The zero-order chi connectivity index (χ0) is 17.5. The van der Waals surface area contributed by atoms with E-state index >= 15 is 0 Å². The fourth-order valence-corrected chi connectivity index (χ4v) is 2.25. The van der Waals surface area contributed by atoms with Gasteiger partial charge >= 0.3 is 0 Å². The minimum absolute atomic E-state index is 0.227. The fraction of sp³-hybridized carbons (Fsp3) is 0.235. The van der Waals surface area contributed by atoms with Gasteiger partial charge in [-0.3, -0.25) is 10.1 Å².